The molecule has 0 saturated carbocycles. The largest absolute Gasteiger partial charge is 0.490 e. The van der Waals surface area contributed by atoms with Gasteiger partial charge in [-0.3, -0.25) is 14.8 Å². The number of aliphatic carboxylic acids is 1. The van der Waals surface area contributed by atoms with E-state index in [0.717, 1.165) is 0 Å². The van der Waals surface area contributed by atoms with Gasteiger partial charge in [0, 0.05) is 30.8 Å². The fourth-order valence-electron chi connectivity index (χ4n) is 2.48. The van der Waals surface area contributed by atoms with Crippen LogP contribution in [-0.4, -0.2) is 65.6 Å². The summed E-state index contributed by atoms with van der Waals surface area (Å²) in [5.74, 6) is -1.47. The van der Waals surface area contributed by atoms with Gasteiger partial charge < -0.3 is 20.5 Å². The van der Waals surface area contributed by atoms with Crippen LogP contribution in [-0.2, 0) is 14.3 Å². The summed E-state index contributed by atoms with van der Waals surface area (Å²) in [6.45, 7) is 2.97. The summed E-state index contributed by atoms with van der Waals surface area (Å²) in [6, 6.07) is 5.40. The number of hydroxylamine groups is 1. The molecule has 9 nitrogen and oxygen atoms in total. The van der Waals surface area contributed by atoms with Crippen LogP contribution < -0.4 is 16.1 Å². The van der Waals surface area contributed by atoms with E-state index in [2.05, 4.69) is 16.6 Å². The molecule has 0 aromatic heterocycles. The number of halogens is 3. The number of carbonyl (C=O) groups excluding carboxylic acids is 2. The standard InChI is InChI=1S/C16H19N3O4.C2HF3O2/c1-3-11-5-7-12(8-6-11)14(20)18-13(15(21)19-22)16(23-4-2)9-17-10-16;3-2(4,5)1(6)7/h1,5-8,13,17,22H,4,9-10H2,2H3,(H,18,20)(H,19,21);(H,6,7). The Labute approximate surface area is 169 Å². The predicted octanol–water partition coefficient (Wildman–Crippen LogP) is 0.284. The molecule has 1 heterocycles. The molecule has 1 aromatic rings. The van der Waals surface area contributed by atoms with Crippen molar-refractivity contribution in [3.8, 4) is 12.3 Å². The molecule has 12 heteroatoms. The van der Waals surface area contributed by atoms with Crippen LogP contribution in [0, 0.1) is 12.3 Å². The lowest BCUT2D eigenvalue weighted by Crippen LogP contribution is -2.74. The van der Waals surface area contributed by atoms with Gasteiger partial charge in [0.15, 0.2) is 0 Å². The van der Waals surface area contributed by atoms with Gasteiger partial charge in [0.2, 0.25) is 0 Å². The molecule has 1 aliphatic heterocycles. The van der Waals surface area contributed by atoms with Crippen LogP contribution in [0.5, 0.6) is 0 Å². The zero-order valence-corrected chi connectivity index (χ0v) is 15.7. The maximum atomic E-state index is 12.4. The summed E-state index contributed by atoms with van der Waals surface area (Å²) in [5, 5.41) is 21.7. The molecule has 2 rings (SSSR count). The van der Waals surface area contributed by atoms with Crippen molar-refractivity contribution in [3.63, 3.8) is 0 Å². The summed E-state index contributed by atoms with van der Waals surface area (Å²) in [4.78, 5) is 33.2. The fourth-order valence-corrected chi connectivity index (χ4v) is 2.48. The first-order valence-electron chi connectivity index (χ1n) is 8.47. The van der Waals surface area contributed by atoms with Gasteiger partial charge in [-0.15, -0.1) is 6.42 Å². The monoisotopic (exact) mass is 431 g/mol. The molecular formula is C18H20F3N3O6. The Hall–Kier alpha value is -3.14. The highest BCUT2D eigenvalue weighted by molar-refractivity contribution is 5.98. The third-order valence-corrected chi connectivity index (χ3v) is 4.01. The molecule has 2 amide bonds. The highest BCUT2D eigenvalue weighted by Gasteiger charge is 2.49. The number of nitrogens with one attached hydrogen (secondary N) is 3. The van der Waals surface area contributed by atoms with Gasteiger partial charge in [-0.2, -0.15) is 13.2 Å². The zero-order chi connectivity index (χ0) is 22.9. The topological polar surface area (TPSA) is 137 Å². The van der Waals surface area contributed by atoms with Gasteiger partial charge in [-0.1, -0.05) is 5.92 Å². The number of alkyl halides is 3. The number of carboxylic acid groups (broad SMARTS) is 1. The van der Waals surface area contributed by atoms with Gasteiger partial charge in [0.05, 0.1) is 0 Å². The van der Waals surface area contributed by atoms with Crippen molar-refractivity contribution in [2.75, 3.05) is 19.7 Å². The van der Waals surface area contributed by atoms with Crippen LogP contribution in [0.25, 0.3) is 0 Å². The number of carboxylic acids is 1. The number of terminal acetylenes is 1. The molecular weight excluding hydrogens is 411 g/mol. The molecule has 1 saturated heterocycles. The highest BCUT2D eigenvalue weighted by Crippen LogP contribution is 2.22. The summed E-state index contributed by atoms with van der Waals surface area (Å²) < 4.78 is 37.4. The highest BCUT2D eigenvalue weighted by atomic mass is 19.4. The molecule has 164 valence electrons. The normalized spacial score (nSPS) is 15.3. The molecule has 1 atom stereocenters. The fraction of sp³-hybridized carbons (Fsp3) is 0.389. The first kappa shape index (κ1) is 24.9. The molecule has 0 bridgehead atoms. The number of amides is 2. The minimum Gasteiger partial charge on any atom is -0.475 e. The molecule has 0 spiro atoms. The molecule has 1 aliphatic rings. The number of ether oxygens (including phenoxy) is 1. The van der Waals surface area contributed by atoms with E-state index in [1.807, 2.05) is 0 Å². The molecule has 0 radical (unpaired) electrons. The van der Waals surface area contributed by atoms with E-state index in [1.165, 1.54) is 0 Å². The van der Waals surface area contributed by atoms with Gasteiger partial charge in [-0.05, 0) is 31.2 Å². The molecule has 1 fully saturated rings. The maximum Gasteiger partial charge on any atom is 0.490 e. The average Bonchev–Trinajstić information content (AvgIpc) is 2.68. The molecule has 1 unspecified atom stereocenters. The van der Waals surface area contributed by atoms with Gasteiger partial charge in [-0.25, -0.2) is 10.3 Å². The Kier molecular flexibility index (Phi) is 8.78. The second kappa shape index (κ2) is 10.6. The maximum absolute atomic E-state index is 12.4. The van der Waals surface area contributed by atoms with Crippen molar-refractivity contribution >= 4 is 17.8 Å². The van der Waals surface area contributed by atoms with Crippen molar-refractivity contribution in [1.82, 2.24) is 16.1 Å². The molecule has 1 aromatic carbocycles. The van der Waals surface area contributed by atoms with Crippen LogP contribution in [0.4, 0.5) is 13.2 Å². The first-order chi connectivity index (χ1) is 14.0. The van der Waals surface area contributed by atoms with Crippen LogP contribution in [0.2, 0.25) is 0 Å². The van der Waals surface area contributed by atoms with E-state index in [0.29, 0.717) is 30.8 Å². The minimum atomic E-state index is -5.08. The van der Waals surface area contributed by atoms with E-state index in [9.17, 15) is 22.8 Å². The van der Waals surface area contributed by atoms with Crippen LogP contribution in [0.3, 0.4) is 0 Å². The third kappa shape index (κ3) is 6.45. The quantitative estimate of drug-likeness (QED) is 0.248. The smallest absolute Gasteiger partial charge is 0.475 e. The number of hydrogen-bond acceptors (Lipinski definition) is 6. The van der Waals surface area contributed by atoms with Crippen molar-refractivity contribution in [2.45, 2.75) is 24.7 Å². The molecule has 5 N–H and O–H groups in total. The zero-order valence-electron chi connectivity index (χ0n) is 15.7. The molecule has 30 heavy (non-hydrogen) atoms. The lowest BCUT2D eigenvalue weighted by molar-refractivity contribution is -0.192. The van der Waals surface area contributed by atoms with Gasteiger partial charge in [0.25, 0.3) is 11.8 Å². The van der Waals surface area contributed by atoms with E-state index in [4.69, 9.17) is 26.3 Å². The SMILES string of the molecule is C#Cc1ccc(C(=O)NC(C(=O)NO)C2(OCC)CNC2)cc1.O=C(O)C(F)(F)F. The van der Waals surface area contributed by atoms with Crippen molar-refractivity contribution in [1.29, 1.82) is 0 Å². The van der Waals surface area contributed by atoms with Gasteiger partial charge >= 0.3 is 12.1 Å². The first-order valence-corrected chi connectivity index (χ1v) is 8.47. The number of hydrogen-bond donors (Lipinski definition) is 5. The third-order valence-electron chi connectivity index (χ3n) is 4.01. The van der Waals surface area contributed by atoms with Crippen molar-refractivity contribution in [3.05, 3.63) is 35.4 Å². The average molecular weight is 431 g/mol. The molecule has 0 aliphatic carbocycles. The predicted molar refractivity (Wildman–Crippen MR) is 96.5 cm³/mol. The van der Waals surface area contributed by atoms with Crippen LogP contribution >= 0.6 is 0 Å². The summed E-state index contributed by atoms with van der Waals surface area (Å²) >= 11 is 0. The Morgan fingerprint density at radius 3 is 2.17 bits per heavy atom. The summed E-state index contributed by atoms with van der Waals surface area (Å²) in [6.07, 6.45) is 0.192. The Morgan fingerprint density at radius 2 is 1.83 bits per heavy atom. The van der Waals surface area contributed by atoms with E-state index >= 15 is 0 Å². The Morgan fingerprint density at radius 1 is 1.30 bits per heavy atom. The summed E-state index contributed by atoms with van der Waals surface area (Å²) in [5.41, 5.74) is 1.72. The lowest BCUT2D eigenvalue weighted by Gasteiger charge is -2.46. The van der Waals surface area contributed by atoms with E-state index in [-0.39, 0.29) is 0 Å². The van der Waals surface area contributed by atoms with Crippen LogP contribution in [0.1, 0.15) is 22.8 Å². The number of rotatable bonds is 6. The van der Waals surface area contributed by atoms with Gasteiger partial charge in [0.1, 0.15) is 11.6 Å². The number of benzene rings is 1. The van der Waals surface area contributed by atoms with Crippen molar-refractivity contribution in [2.24, 2.45) is 0 Å². The van der Waals surface area contributed by atoms with Crippen molar-refractivity contribution < 1.29 is 42.6 Å². The van der Waals surface area contributed by atoms with E-state index < -0.39 is 35.6 Å². The van der Waals surface area contributed by atoms with Crippen LogP contribution in [0.15, 0.2) is 24.3 Å². The minimum absolute atomic E-state index is 0.360. The second-order valence-electron chi connectivity index (χ2n) is 6.01. The Balaban J connectivity index is 0.000000553. The second-order valence-corrected chi connectivity index (χ2v) is 6.01. The summed E-state index contributed by atoms with van der Waals surface area (Å²) in [7, 11) is 0. The number of carbonyl (C=O) groups is 3. The lowest BCUT2D eigenvalue weighted by atomic mass is 9.86. The van der Waals surface area contributed by atoms with E-state index in [1.54, 1.807) is 36.7 Å². The Bertz CT molecular complexity index is 801.